The van der Waals surface area contributed by atoms with Gasteiger partial charge in [0.05, 0.1) is 6.10 Å². The number of thiol groups is 1. The van der Waals surface area contributed by atoms with Gasteiger partial charge in [-0.3, -0.25) is 19.4 Å². The summed E-state index contributed by atoms with van der Waals surface area (Å²) in [7, 11) is 0. The van der Waals surface area contributed by atoms with Crippen molar-refractivity contribution in [2.45, 2.75) is 56.5 Å². The average Bonchev–Trinajstić information content (AvgIpc) is 2.83. The van der Waals surface area contributed by atoms with Crippen LogP contribution >= 0.6 is 12.6 Å². The minimum Gasteiger partial charge on any atom is -0.480 e. The van der Waals surface area contributed by atoms with Crippen LogP contribution in [-0.4, -0.2) is 82.4 Å². The van der Waals surface area contributed by atoms with Crippen LogP contribution in [0.4, 0.5) is 0 Å². The van der Waals surface area contributed by atoms with Crippen LogP contribution in [0.25, 0.3) is 0 Å². The number of hydrogen-bond acceptors (Lipinski definition) is 8. The van der Waals surface area contributed by atoms with E-state index in [1.54, 1.807) is 30.3 Å². The van der Waals surface area contributed by atoms with Gasteiger partial charge in [0, 0.05) is 18.7 Å². The molecule has 36 heavy (non-hydrogen) atoms. The highest BCUT2D eigenvalue weighted by Crippen LogP contribution is 2.06. The van der Waals surface area contributed by atoms with Gasteiger partial charge in [-0.05, 0) is 25.3 Å². The van der Waals surface area contributed by atoms with E-state index in [0.717, 1.165) is 5.56 Å². The number of nitrogens with one attached hydrogen (secondary N) is 3. The summed E-state index contributed by atoms with van der Waals surface area (Å²) < 4.78 is 0. The zero-order valence-corrected chi connectivity index (χ0v) is 20.9. The van der Waals surface area contributed by atoms with Gasteiger partial charge in [0.25, 0.3) is 0 Å². The summed E-state index contributed by atoms with van der Waals surface area (Å²) >= 11 is 4.10. The molecule has 0 spiro atoms. The van der Waals surface area contributed by atoms with E-state index in [-0.39, 0.29) is 31.1 Å². The molecule has 0 heterocycles. The predicted molar refractivity (Wildman–Crippen MR) is 137 cm³/mol. The zero-order valence-electron chi connectivity index (χ0n) is 20.0. The van der Waals surface area contributed by atoms with Crippen LogP contribution in [0.15, 0.2) is 35.3 Å². The second-order valence-corrected chi connectivity index (χ2v) is 8.47. The highest BCUT2D eigenvalue weighted by molar-refractivity contribution is 7.80. The van der Waals surface area contributed by atoms with E-state index in [4.69, 9.17) is 17.2 Å². The van der Waals surface area contributed by atoms with Gasteiger partial charge in [0.1, 0.15) is 24.2 Å². The summed E-state index contributed by atoms with van der Waals surface area (Å²) in [5.74, 6) is -3.76. The molecular formula is C22H35N7O6S. The Balaban J connectivity index is 2.92. The molecule has 3 amide bonds. The van der Waals surface area contributed by atoms with E-state index in [0.29, 0.717) is 6.42 Å². The Bertz CT molecular complexity index is 911. The van der Waals surface area contributed by atoms with Crippen LogP contribution in [0.2, 0.25) is 0 Å². The lowest BCUT2D eigenvalue weighted by Crippen LogP contribution is -2.59. The van der Waals surface area contributed by atoms with Crippen LogP contribution in [0.1, 0.15) is 25.3 Å². The number of hydrogen-bond donors (Lipinski definition) is 9. The van der Waals surface area contributed by atoms with Crippen molar-refractivity contribution in [3.05, 3.63) is 35.9 Å². The minimum absolute atomic E-state index is 0.0506. The lowest BCUT2D eigenvalue weighted by Gasteiger charge is -2.25. The summed E-state index contributed by atoms with van der Waals surface area (Å²) in [6.45, 7) is 1.53. The smallest absolute Gasteiger partial charge is 0.326 e. The molecule has 1 aromatic carbocycles. The van der Waals surface area contributed by atoms with Crippen molar-refractivity contribution in [1.29, 1.82) is 0 Å². The van der Waals surface area contributed by atoms with E-state index in [1.165, 1.54) is 6.92 Å². The van der Waals surface area contributed by atoms with E-state index in [1.807, 2.05) is 0 Å². The summed E-state index contributed by atoms with van der Waals surface area (Å²) in [6.07, 6.45) is -0.730. The number of aliphatic imine (C=N–C) groups is 1. The highest BCUT2D eigenvalue weighted by atomic mass is 32.1. The Morgan fingerprint density at radius 1 is 0.972 bits per heavy atom. The monoisotopic (exact) mass is 525 g/mol. The van der Waals surface area contributed by atoms with Crippen molar-refractivity contribution in [3.63, 3.8) is 0 Å². The number of carbonyl (C=O) groups is 4. The normalized spacial score (nSPS) is 14.9. The topological polar surface area (TPSA) is 235 Å². The summed E-state index contributed by atoms with van der Waals surface area (Å²) in [4.78, 5) is 53.5. The number of amides is 3. The van der Waals surface area contributed by atoms with Crippen LogP contribution in [0, 0.1) is 0 Å². The van der Waals surface area contributed by atoms with Crippen LogP contribution in [0.5, 0.6) is 0 Å². The molecule has 5 atom stereocenters. The largest absolute Gasteiger partial charge is 0.480 e. The molecule has 0 saturated heterocycles. The maximum Gasteiger partial charge on any atom is 0.326 e. The Hall–Kier alpha value is -3.36. The molecular weight excluding hydrogens is 490 g/mol. The molecule has 0 aliphatic carbocycles. The summed E-state index contributed by atoms with van der Waals surface area (Å²) in [5, 5.41) is 26.4. The van der Waals surface area contributed by atoms with E-state index in [9.17, 15) is 29.4 Å². The van der Waals surface area contributed by atoms with Crippen LogP contribution in [-0.2, 0) is 25.6 Å². The molecule has 0 aromatic heterocycles. The van der Waals surface area contributed by atoms with Gasteiger partial charge in [-0.25, -0.2) is 4.79 Å². The fourth-order valence-electron chi connectivity index (χ4n) is 3.05. The molecule has 0 bridgehead atoms. The molecule has 1 aromatic rings. The Morgan fingerprint density at radius 3 is 2.06 bits per heavy atom. The molecule has 11 N–H and O–H groups in total. The number of carboxylic acid groups (broad SMARTS) is 1. The molecule has 0 aliphatic rings. The van der Waals surface area contributed by atoms with Gasteiger partial charge < -0.3 is 43.4 Å². The maximum absolute atomic E-state index is 13.0. The van der Waals surface area contributed by atoms with Gasteiger partial charge in [-0.1, -0.05) is 30.3 Å². The fourth-order valence-corrected chi connectivity index (χ4v) is 3.30. The van der Waals surface area contributed by atoms with Crippen molar-refractivity contribution in [3.8, 4) is 0 Å². The first-order valence-electron chi connectivity index (χ1n) is 11.2. The number of nitrogens with zero attached hydrogens (tertiary/aromatic N) is 1. The van der Waals surface area contributed by atoms with Crippen molar-refractivity contribution >= 4 is 42.3 Å². The molecule has 200 valence electrons. The third-order valence-electron chi connectivity index (χ3n) is 5.11. The molecule has 1 rings (SSSR count). The number of rotatable bonds is 15. The second-order valence-electron chi connectivity index (χ2n) is 8.11. The first kappa shape index (κ1) is 30.7. The lowest BCUT2D eigenvalue weighted by molar-refractivity contribution is -0.142. The predicted octanol–water partition coefficient (Wildman–Crippen LogP) is -2.54. The number of carboxylic acids is 1. The third kappa shape index (κ3) is 10.9. The summed E-state index contributed by atoms with van der Waals surface area (Å²) in [5.41, 5.74) is 16.9. The van der Waals surface area contributed by atoms with Crippen molar-refractivity contribution < 1.29 is 29.4 Å². The molecule has 0 radical (unpaired) electrons. The zero-order chi connectivity index (χ0) is 27.3. The number of benzene rings is 1. The SMILES string of the molecule is CC(O)C(N)C(=O)NC(Cc1ccccc1)C(=O)NC(CS)C(=O)NC(CCCN=C(N)N)C(=O)O. The third-order valence-corrected chi connectivity index (χ3v) is 5.48. The minimum atomic E-state index is -1.27. The Kier molecular flexibility index (Phi) is 13.3. The second kappa shape index (κ2) is 15.6. The molecule has 0 aliphatic heterocycles. The molecule has 5 unspecified atom stereocenters. The number of carbonyl (C=O) groups excluding carboxylic acids is 3. The molecule has 13 nitrogen and oxygen atoms in total. The van der Waals surface area contributed by atoms with E-state index in [2.05, 4.69) is 33.6 Å². The van der Waals surface area contributed by atoms with Crippen LogP contribution < -0.4 is 33.2 Å². The summed E-state index contributed by atoms with van der Waals surface area (Å²) in [6, 6.07) is 3.99. The highest BCUT2D eigenvalue weighted by Gasteiger charge is 2.30. The van der Waals surface area contributed by atoms with Crippen molar-refractivity contribution in [1.82, 2.24) is 16.0 Å². The van der Waals surface area contributed by atoms with Gasteiger partial charge >= 0.3 is 5.97 Å². The van der Waals surface area contributed by atoms with Gasteiger partial charge in [-0.15, -0.1) is 0 Å². The first-order valence-corrected chi connectivity index (χ1v) is 11.9. The average molecular weight is 526 g/mol. The van der Waals surface area contributed by atoms with Gasteiger partial charge in [-0.2, -0.15) is 12.6 Å². The number of guanidine groups is 1. The molecule has 14 heteroatoms. The van der Waals surface area contributed by atoms with E-state index < -0.39 is 54.0 Å². The lowest BCUT2D eigenvalue weighted by atomic mass is 10.0. The number of nitrogens with two attached hydrogens (primary N) is 3. The fraction of sp³-hybridized carbons (Fsp3) is 0.500. The Labute approximate surface area is 214 Å². The van der Waals surface area contributed by atoms with Crippen molar-refractivity contribution in [2.24, 2.45) is 22.2 Å². The number of aliphatic hydroxyl groups excluding tert-OH is 1. The van der Waals surface area contributed by atoms with Crippen LogP contribution in [0.3, 0.4) is 0 Å². The van der Waals surface area contributed by atoms with E-state index >= 15 is 0 Å². The molecule has 0 fully saturated rings. The molecule has 0 saturated carbocycles. The quantitative estimate of drug-likeness (QED) is 0.0507. The van der Waals surface area contributed by atoms with Gasteiger partial charge in [0.15, 0.2) is 5.96 Å². The number of aliphatic carboxylic acids is 1. The number of aliphatic hydroxyl groups is 1. The standard InChI is InChI=1S/C22H35N7O6S/c1-12(30)17(23)20(33)28-15(10-13-6-3-2-4-7-13)18(31)29-16(11-36)19(32)27-14(21(34)35)8-5-9-26-22(24)25/h2-4,6-7,12,14-17,30,36H,5,8-11,23H2,1H3,(H,27,32)(H,28,33)(H,29,31)(H,34,35)(H4,24,25,26). The Morgan fingerprint density at radius 2 is 1.53 bits per heavy atom. The van der Waals surface area contributed by atoms with Crippen molar-refractivity contribution in [2.75, 3.05) is 12.3 Å². The van der Waals surface area contributed by atoms with Gasteiger partial charge in [0.2, 0.25) is 17.7 Å². The first-order chi connectivity index (χ1) is 17.0. The maximum atomic E-state index is 13.0.